The van der Waals surface area contributed by atoms with Crippen molar-refractivity contribution in [1.29, 1.82) is 0 Å². The topological polar surface area (TPSA) is 92.3 Å². The van der Waals surface area contributed by atoms with Crippen molar-refractivity contribution in [3.05, 3.63) is 53.1 Å². The van der Waals surface area contributed by atoms with Gasteiger partial charge < -0.3 is 20.1 Å². The lowest BCUT2D eigenvalue weighted by atomic mass is 9.98. The second-order valence-corrected chi connectivity index (χ2v) is 8.28. The van der Waals surface area contributed by atoms with Gasteiger partial charge in [0.25, 0.3) is 5.91 Å². The Hall–Kier alpha value is -3.10. The summed E-state index contributed by atoms with van der Waals surface area (Å²) >= 11 is 5.94. The lowest BCUT2D eigenvalue weighted by Crippen LogP contribution is -2.52. The van der Waals surface area contributed by atoms with E-state index >= 15 is 0 Å². The van der Waals surface area contributed by atoms with Crippen molar-refractivity contribution < 1.29 is 19.1 Å². The number of amides is 2. The van der Waals surface area contributed by atoms with Crippen molar-refractivity contribution in [3.8, 4) is 11.5 Å². The Morgan fingerprint density at radius 1 is 1.13 bits per heavy atom. The number of likely N-dealkylation sites (tertiary alicyclic amines) is 1. The maximum absolute atomic E-state index is 12.5. The van der Waals surface area contributed by atoms with Crippen molar-refractivity contribution in [3.63, 3.8) is 0 Å². The Bertz CT molecular complexity index is 1060. The zero-order chi connectivity index (χ0) is 21.4. The molecule has 1 spiro atoms. The second kappa shape index (κ2) is 7.86. The highest BCUT2D eigenvalue weighted by Crippen LogP contribution is 2.34. The molecule has 2 N–H and O–H groups in total. The molecule has 0 radical (unpaired) electrons. The first-order valence-corrected chi connectivity index (χ1v) is 10.5. The van der Waals surface area contributed by atoms with E-state index in [2.05, 4.69) is 15.5 Å². The molecule has 3 heterocycles. The van der Waals surface area contributed by atoms with Gasteiger partial charge in [-0.3, -0.25) is 19.5 Å². The fourth-order valence-electron chi connectivity index (χ4n) is 4.06. The molecule has 0 unspecified atom stereocenters. The van der Waals surface area contributed by atoms with E-state index in [1.54, 1.807) is 42.5 Å². The highest BCUT2D eigenvalue weighted by atomic mass is 35.5. The molecule has 1 saturated heterocycles. The first-order chi connectivity index (χ1) is 15.0. The number of hydrogen-bond acceptors (Lipinski definition) is 6. The van der Waals surface area contributed by atoms with Crippen LogP contribution in [0.4, 0.5) is 5.69 Å². The van der Waals surface area contributed by atoms with Crippen LogP contribution >= 0.6 is 11.6 Å². The fourth-order valence-corrected chi connectivity index (χ4v) is 4.19. The molecule has 2 aromatic rings. The number of benzene rings is 2. The average molecular weight is 441 g/mol. The van der Waals surface area contributed by atoms with Crippen LogP contribution < -0.4 is 20.1 Å². The normalized spacial score (nSPS) is 19.3. The number of anilines is 1. The van der Waals surface area contributed by atoms with Crippen LogP contribution in [0.15, 0.2) is 47.5 Å². The molecule has 9 heteroatoms. The van der Waals surface area contributed by atoms with E-state index in [9.17, 15) is 9.59 Å². The van der Waals surface area contributed by atoms with Crippen LogP contribution in [0.3, 0.4) is 0 Å². The quantitative estimate of drug-likeness (QED) is 0.761. The first-order valence-electron chi connectivity index (χ1n) is 10.1. The number of rotatable bonds is 4. The number of aliphatic imine (C=N–C) groups is 1. The van der Waals surface area contributed by atoms with Crippen molar-refractivity contribution >= 4 is 34.8 Å². The monoisotopic (exact) mass is 440 g/mol. The summed E-state index contributed by atoms with van der Waals surface area (Å²) in [6, 6.07) is 12.4. The van der Waals surface area contributed by atoms with Gasteiger partial charge in [-0.15, -0.1) is 0 Å². The number of nitrogens with zero attached hydrogens (tertiary/aromatic N) is 2. The van der Waals surface area contributed by atoms with Crippen molar-refractivity contribution in [2.24, 2.45) is 4.99 Å². The third-order valence-corrected chi connectivity index (χ3v) is 5.96. The van der Waals surface area contributed by atoms with Gasteiger partial charge in [0.15, 0.2) is 11.5 Å². The van der Waals surface area contributed by atoms with Gasteiger partial charge in [0.05, 0.1) is 6.54 Å². The molecule has 3 aliphatic rings. The number of carbonyl (C=O) groups is 2. The molecule has 2 aromatic carbocycles. The van der Waals surface area contributed by atoms with Gasteiger partial charge in [0, 0.05) is 48.3 Å². The van der Waals surface area contributed by atoms with Gasteiger partial charge >= 0.3 is 0 Å². The first kappa shape index (κ1) is 19.8. The van der Waals surface area contributed by atoms with Crippen LogP contribution in [0, 0.1) is 0 Å². The van der Waals surface area contributed by atoms with Gasteiger partial charge in [0.2, 0.25) is 12.7 Å². The number of carbonyl (C=O) groups excluding carboxylic acids is 2. The Balaban J connectivity index is 1.18. The lowest BCUT2D eigenvalue weighted by molar-refractivity contribution is -0.119. The fraction of sp³-hybridized carbons (Fsp3) is 0.318. The Morgan fingerprint density at radius 3 is 2.65 bits per heavy atom. The zero-order valence-electron chi connectivity index (χ0n) is 16.7. The summed E-state index contributed by atoms with van der Waals surface area (Å²) in [5.74, 6) is 1.03. The maximum Gasteiger partial charge on any atom is 0.272 e. The standard InChI is InChI=1S/C22H21ClN4O4/c23-15-3-1-14(2-4-15)20-21(29)26-22(25-20)7-9-27(10-8-22)12-19(28)24-16-5-6-17-18(11-16)31-13-30-17/h1-6,11H,7-10,12-13H2,(H,24,28)(H,26,29). The van der Waals surface area contributed by atoms with E-state index < -0.39 is 5.66 Å². The molecule has 2 amide bonds. The third kappa shape index (κ3) is 4.08. The number of ether oxygens (including phenoxy) is 2. The smallest absolute Gasteiger partial charge is 0.272 e. The van der Waals surface area contributed by atoms with Gasteiger partial charge in [-0.05, 0) is 24.3 Å². The molecular formula is C22H21ClN4O4. The maximum atomic E-state index is 12.5. The van der Waals surface area contributed by atoms with Crippen LogP contribution in [0.1, 0.15) is 18.4 Å². The number of piperidine rings is 1. The molecule has 0 aromatic heterocycles. The Kier molecular flexibility index (Phi) is 5.03. The highest BCUT2D eigenvalue weighted by molar-refractivity contribution is 6.47. The molecule has 8 nitrogen and oxygen atoms in total. The van der Waals surface area contributed by atoms with Crippen LogP contribution in [0.5, 0.6) is 11.5 Å². The van der Waals surface area contributed by atoms with Crippen LogP contribution in [-0.2, 0) is 9.59 Å². The summed E-state index contributed by atoms with van der Waals surface area (Å²) in [7, 11) is 0. The van der Waals surface area contributed by atoms with E-state index in [1.165, 1.54) is 0 Å². The molecule has 5 rings (SSSR count). The minimum absolute atomic E-state index is 0.101. The number of halogens is 1. The van der Waals surface area contributed by atoms with Crippen LogP contribution in [-0.4, -0.2) is 54.5 Å². The summed E-state index contributed by atoms with van der Waals surface area (Å²) < 4.78 is 10.6. The minimum atomic E-state index is -0.601. The Labute approximate surface area is 184 Å². The molecule has 0 saturated carbocycles. The SMILES string of the molecule is O=C(CN1CCC2(CC1)N=C(c1ccc(Cl)cc1)C(=O)N2)Nc1ccc2c(c1)OCO2. The molecule has 0 bridgehead atoms. The predicted octanol–water partition coefficient (Wildman–Crippen LogP) is 2.42. The summed E-state index contributed by atoms with van der Waals surface area (Å²) in [4.78, 5) is 31.8. The Morgan fingerprint density at radius 2 is 1.87 bits per heavy atom. The van der Waals surface area contributed by atoms with Gasteiger partial charge in [0.1, 0.15) is 11.4 Å². The lowest BCUT2D eigenvalue weighted by Gasteiger charge is -2.36. The number of nitrogens with one attached hydrogen (secondary N) is 2. The minimum Gasteiger partial charge on any atom is -0.454 e. The number of hydrogen-bond donors (Lipinski definition) is 2. The van der Waals surface area contributed by atoms with Crippen LogP contribution in [0.25, 0.3) is 0 Å². The molecule has 3 aliphatic heterocycles. The molecule has 160 valence electrons. The third-order valence-electron chi connectivity index (χ3n) is 5.71. The zero-order valence-corrected chi connectivity index (χ0v) is 17.4. The summed E-state index contributed by atoms with van der Waals surface area (Å²) in [5, 5.41) is 6.55. The average Bonchev–Trinajstić information content (AvgIpc) is 3.34. The molecule has 0 atom stereocenters. The largest absolute Gasteiger partial charge is 0.454 e. The van der Waals surface area contributed by atoms with Gasteiger partial charge in [-0.2, -0.15) is 0 Å². The van der Waals surface area contributed by atoms with E-state index in [0.29, 0.717) is 53.9 Å². The highest BCUT2D eigenvalue weighted by Gasteiger charge is 2.42. The molecule has 0 aliphatic carbocycles. The number of fused-ring (bicyclic) bond motifs is 1. The van der Waals surface area contributed by atoms with Crippen molar-refractivity contribution in [2.75, 3.05) is 31.7 Å². The molecular weight excluding hydrogens is 420 g/mol. The van der Waals surface area contributed by atoms with E-state index in [4.69, 9.17) is 26.1 Å². The molecule has 1 fully saturated rings. The van der Waals surface area contributed by atoms with Crippen LogP contribution in [0.2, 0.25) is 5.02 Å². The molecule has 31 heavy (non-hydrogen) atoms. The summed E-state index contributed by atoms with van der Waals surface area (Å²) in [6.45, 7) is 1.78. The summed E-state index contributed by atoms with van der Waals surface area (Å²) in [6.07, 6.45) is 1.29. The van der Waals surface area contributed by atoms with E-state index in [1.807, 2.05) is 0 Å². The van der Waals surface area contributed by atoms with Gasteiger partial charge in [-0.1, -0.05) is 23.7 Å². The predicted molar refractivity (Wildman–Crippen MR) is 116 cm³/mol. The van der Waals surface area contributed by atoms with Crippen molar-refractivity contribution in [1.82, 2.24) is 10.2 Å². The van der Waals surface area contributed by atoms with E-state index in [-0.39, 0.29) is 25.2 Å². The summed E-state index contributed by atoms with van der Waals surface area (Å²) in [5.41, 5.74) is 1.26. The van der Waals surface area contributed by atoms with Gasteiger partial charge in [-0.25, -0.2) is 0 Å². The second-order valence-electron chi connectivity index (χ2n) is 7.85. The van der Waals surface area contributed by atoms with Crippen molar-refractivity contribution in [2.45, 2.75) is 18.5 Å². The van der Waals surface area contributed by atoms with E-state index in [0.717, 1.165) is 5.56 Å².